The number of rotatable bonds is 8. The third-order valence-corrected chi connectivity index (χ3v) is 7.89. The van der Waals surface area contributed by atoms with Crippen LogP contribution in [0, 0.1) is 5.41 Å². The number of aromatic hydroxyl groups is 2. The molecule has 7 heteroatoms. The SMILES string of the molecule is CC(C)(C)c1cc(CC(Cc2cc(C(C)(C)C)c(O)c(C(C)(C)C)c2)(C(=O)O)C(=O)OCCS)cc(C(C)(C)C)c1O. The van der Waals surface area contributed by atoms with E-state index in [0.29, 0.717) is 33.4 Å². The maximum atomic E-state index is 13.8. The third-order valence-electron chi connectivity index (χ3n) is 7.71. The van der Waals surface area contributed by atoms with Crippen molar-refractivity contribution in [1.29, 1.82) is 0 Å². The Morgan fingerprint density at radius 1 is 0.643 bits per heavy atom. The summed E-state index contributed by atoms with van der Waals surface area (Å²) in [6.45, 7) is 23.8. The Labute approximate surface area is 258 Å². The van der Waals surface area contributed by atoms with Gasteiger partial charge in [-0.15, -0.1) is 0 Å². The highest BCUT2D eigenvalue weighted by Crippen LogP contribution is 2.44. The van der Waals surface area contributed by atoms with Crippen molar-refractivity contribution in [1.82, 2.24) is 0 Å². The van der Waals surface area contributed by atoms with E-state index >= 15 is 0 Å². The fourth-order valence-corrected chi connectivity index (χ4v) is 5.39. The van der Waals surface area contributed by atoms with E-state index in [4.69, 9.17) is 4.74 Å². The van der Waals surface area contributed by atoms with Crippen LogP contribution >= 0.6 is 12.6 Å². The fraction of sp³-hybridized carbons (Fsp3) is 0.600. The summed E-state index contributed by atoms with van der Waals surface area (Å²) in [6, 6.07) is 7.25. The second-order valence-electron chi connectivity index (χ2n) is 15.7. The Bertz CT molecular complexity index is 1160. The van der Waals surface area contributed by atoms with Gasteiger partial charge in [0.15, 0.2) is 5.41 Å². The number of carbonyl (C=O) groups is 2. The molecule has 0 saturated carbocycles. The average Bonchev–Trinajstić information content (AvgIpc) is 2.80. The lowest BCUT2D eigenvalue weighted by atomic mass is 9.71. The number of aliphatic carboxylic acids is 1. The van der Waals surface area contributed by atoms with Crippen molar-refractivity contribution < 1.29 is 29.6 Å². The Balaban J connectivity index is 2.92. The number of hydrogen-bond donors (Lipinski definition) is 4. The van der Waals surface area contributed by atoms with Gasteiger partial charge in [-0.2, -0.15) is 12.6 Å². The second-order valence-corrected chi connectivity index (χ2v) is 16.1. The molecule has 0 unspecified atom stereocenters. The zero-order valence-electron chi connectivity index (χ0n) is 27.7. The number of thiol groups is 1. The molecule has 0 amide bonds. The summed E-state index contributed by atoms with van der Waals surface area (Å²) < 4.78 is 5.51. The third kappa shape index (κ3) is 7.83. The summed E-state index contributed by atoms with van der Waals surface area (Å²) in [5, 5.41) is 33.3. The number of benzene rings is 2. The van der Waals surface area contributed by atoms with Gasteiger partial charge in [0.25, 0.3) is 0 Å². The zero-order chi connectivity index (χ0) is 32.6. The Morgan fingerprint density at radius 2 is 0.929 bits per heavy atom. The maximum Gasteiger partial charge on any atom is 0.324 e. The largest absolute Gasteiger partial charge is 0.507 e. The van der Waals surface area contributed by atoms with Gasteiger partial charge in [-0.05, 0) is 67.9 Å². The Hall–Kier alpha value is -2.67. The Morgan fingerprint density at radius 3 is 1.14 bits per heavy atom. The first-order valence-corrected chi connectivity index (χ1v) is 15.2. The Kier molecular flexibility index (Phi) is 10.3. The van der Waals surface area contributed by atoms with Crippen LogP contribution < -0.4 is 0 Å². The first-order chi connectivity index (χ1) is 18.9. The number of hydrogen-bond acceptors (Lipinski definition) is 6. The van der Waals surface area contributed by atoms with Gasteiger partial charge in [0.05, 0.1) is 0 Å². The van der Waals surface area contributed by atoms with E-state index in [1.807, 2.05) is 107 Å². The molecule has 0 aromatic heterocycles. The number of carboxylic acid groups (broad SMARTS) is 1. The number of carboxylic acids is 1. The number of esters is 1. The monoisotopic (exact) mass is 600 g/mol. The van der Waals surface area contributed by atoms with Gasteiger partial charge in [0.1, 0.15) is 18.1 Å². The first-order valence-electron chi connectivity index (χ1n) is 14.6. The minimum atomic E-state index is -1.97. The summed E-state index contributed by atoms with van der Waals surface area (Å²) in [7, 11) is 0. The van der Waals surface area contributed by atoms with Gasteiger partial charge in [-0.3, -0.25) is 9.59 Å². The van der Waals surface area contributed by atoms with Gasteiger partial charge < -0.3 is 20.1 Å². The number of carbonyl (C=O) groups excluding carboxylic acids is 1. The highest BCUT2D eigenvalue weighted by molar-refractivity contribution is 7.80. The van der Waals surface area contributed by atoms with E-state index in [0.717, 1.165) is 0 Å². The lowest BCUT2D eigenvalue weighted by molar-refractivity contribution is -0.168. The van der Waals surface area contributed by atoms with Crippen LogP contribution in [0.2, 0.25) is 0 Å². The van der Waals surface area contributed by atoms with Crippen LogP contribution in [0.15, 0.2) is 24.3 Å². The van der Waals surface area contributed by atoms with Gasteiger partial charge in [-0.1, -0.05) is 107 Å². The smallest absolute Gasteiger partial charge is 0.324 e. The van der Waals surface area contributed by atoms with Crippen molar-refractivity contribution in [2.45, 2.75) is 118 Å². The van der Waals surface area contributed by atoms with E-state index in [1.165, 1.54) is 0 Å². The molecule has 0 bridgehead atoms. The summed E-state index contributed by atoms with van der Waals surface area (Å²) in [4.78, 5) is 27.1. The molecule has 0 heterocycles. The molecular formula is C35H52O6S. The molecule has 0 fully saturated rings. The minimum Gasteiger partial charge on any atom is -0.507 e. The summed E-state index contributed by atoms with van der Waals surface area (Å²) in [6.07, 6.45) is -0.284. The summed E-state index contributed by atoms with van der Waals surface area (Å²) in [5.74, 6) is -1.52. The lowest BCUT2D eigenvalue weighted by Crippen LogP contribution is -2.45. The quantitative estimate of drug-likeness (QED) is 0.141. The molecule has 0 saturated heterocycles. The van der Waals surface area contributed by atoms with Gasteiger partial charge in [0.2, 0.25) is 0 Å². The van der Waals surface area contributed by atoms with Crippen molar-refractivity contribution in [2.75, 3.05) is 12.4 Å². The molecule has 0 atom stereocenters. The molecule has 6 nitrogen and oxygen atoms in total. The predicted octanol–water partition coefficient (Wildman–Crippen LogP) is 7.62. The maximum absolute atomic E-state index is 13.8. The highest BCUT2D eigenvalue weighted by atomic mass is 32.1. The minimum absolute atomic E-state index is 0.0247. The predicted molar refractivity (Wildman–Crippen MR) is 173 cm³/mol. The standard InChI is InChI=1S/C35H52O6S/c1-31(2,3)23-15-21(16-24(27(23)36)32(4,5)6)19-35(29(38)39,30(40)41-13-14-42)20-22-17-25(33(7,8)9)28(37)26(18-22)34(10,11)12/h15-18,36-37,42H,13-14,19-20H2,1-12H3,(H,38,39). The van der Waals surface area contributed by atoms with Crippen LogP contribution in [0.4, 0.5) is 0 Å². The van der Waals surface area contributed by atoms with Crippen LogP contribution in [0.1, 0.15) is 116 Å². The van der Waals surface area contributed by atoms with Crippen molar-refractivity contribution in [3.63, 3.8) is 0 Å². The van der Waals surface area contributed by atoms with Gasteiger partial charge in [-0.25, -0.2) is 0 Å². The molecule has 0 aliphatic rings. The molecule has 0 aliphatic heterocycles. The average molecular weight is 601 g/mol. The van der Waals surface area contributed by atoms with Gasteiger partial charge in [0, 0.05) is 5.75 Å². The van der Waals surface area contributed by atoms with Crippen LogP contribution in [0.3, 0.4) is 0 Å². The van der Waals surface area contributed by atoms with Crippen LogP contribution in [-0.4, -0.2) is 39.6 Å². The van der Waals surface area contributed by atoms with Crippen LogP contribution in [0.5, 0.6) is 11.5 Å². The molecular weight excluding hydrogens is 548 g/mol. The van der Waals surface area contributed by atoms with Crippen molar-refractivity contribution in [3.8, 4) is 11.5 Å². The molecule has 3 N–H and O–H groups in total. The van der Waals surface area contributed by atoms with Crippen molar-refractivity contribution in [3.05, 3.63) is 57.6 Å². The lowest BCUT2D eigenvalue weighted by Gasteiger charge is -2.32. The summed E-state index contributed by atoms with van der Waals surface area (Å²) in [5.41, 5.74) is 0.285. The second kappa shape index (κ2) is 12.1. The molecule has 234 valence electrons. The number of ether oxygens (including phenoxy) is 1. The molecule has 2 aromatic carbocycles. The van der Waals surface area contributed by atoms with Crippen LogP contribution in [0.25, 0.3) is 0 Å². The van der Waals surface area contributed by atoms with Crippen molar-refractivity contribution >= 4 is 24.6 Å². The van der Waals surface area contributed by atoms with Crippen molar-refractivity contribution in [2.24, 2.45) is 5.41 Å². The summed E-state index contributed by atoms with van der Waals surface area (Å²) >= 11 is 4.16. The zero-order valence-corrected chi connectivity index (χ0v) is 28.5. The normalized spacial score (nSPS) is 13.3. The van der Waals surface area contributed by atoms with E-state index in [1.54, 1.807) is 0 Å². The van der Waals surface area contributed by atoms with E-state index in [9.17, 15) is 24.9 Å². The molecule has 0 spiro atoms. The van der Waals surface area contributed by atoms with E-state index in [2.05, 4.69) is 12.6 Å². The van der Waals surface area contributed by atoms with E-state index in [-0.39, 0.29) is 36.7 Å². The number of phenols is 2. The highest BCUT2D eigenvalue weighted by Gasteiger charge is 2.49. The number of phenolic OH excluding ortho intramolecular Hbond substituents is 2. The molecule has 0 radical (unpaired) electrons. The molecule has 2 aromatic rings. The van der Waals surface area contributed by atoms with Crippen LogP contribution in [-0.2, 0) is 48.8 Å². The first kappa shape index (κ1) is 35.5. The molecule has 0 aliphatic carbocycles. The van der Waals surface area contributed by atoms with E-state index < -0.39 is 39.0 Å². The fourth-order valence-electron chi connectivity index (χ4n) is 5.30. The molecule has 2 rings (SSSR count). The van der Waals surface area contributed by atoms with Gasteiger partial charge >= 0.3 is 11.9 Å². The molecule has 42 heavy (non-hydrogen) atoms. The topological polar surface area (TPSA) is 104 Å².